The summed E-state index contributed by atoms with van der Waals surface area (Å²) in [6, 6.07) is 10.0. The van der Waals surface area contributed by atoms with Gasteiger partial charge in [-0.05, 0) is 35.6 Å². The van der Waals surface area contributed by atoms with E-state index in [2.05, 4.69) is 5.32 Å². The summed E-state index contributed by atoms with van der Waals surface area (Å²) in [6.07, 6.45) is 0.754. The largest absolute Gasteiger partial charge is 0.481 e. The second kappa shape index (κ2) is 7.17. The van der Waals surface area contributed by atoms with Crippen molar-refractivity contribution in [1.29, 1.82) is 0 Å². The number of benzene rings is 1. The number of aliphatic carboxylic acids is 1. The molecule has 5 heteroatoms. The third kappa shape index (κ3) is 4.75. The maximum absolute atomic E-state index is 12.8. The molecular weight excluding hydrogens is 277 g/mol. The van der Waals surface area contributed by atoms with Crippen LogP contribution in [0, 0.1) is 5.82 Å². The highest BCUT2D eigenvalue weighted by Crippen LogP contribution is 2.13. The van der Waals surface area contributed by atoms with Gasteiger partial charge in [0.1, 0.15) is 5.82 Å². The lowest BCUT2D eigenvalue weighted by Crippen LogP contribution is -2.32. The summed E-state index contributed by atoms with van der Waals surface area (Å²) in [6.45, 7) is 0.531. The van der Waals surface area contributed by atoms with Crippen LogP contribution in [-0.4, -0.2) is 17.1 Å². The van der Waals surface area contributed by atoms with Crippen molar-refractivity contribution in [3.63, 3.8) is 0 Å². The van der Waals surface area contributed by atoms with E-state index in [1.54, 1.807) is 23.5 Å². The number of thiophene rings is 1. The number of nitrogens with one attached hydrogen (secondary N) is 1. The fraction of sp³-hybridized carbons (Fsp3) is 0.267. The summed E-state index contributed by atoms with van der Waals surface area (Å²) in [5.41, 5.74) is 0.938. The summed E-state index contributed by atoms with van der Waals surface area (Å²) in [5.74, 6) is -1.09. The minimum atomic E-state index is -0.821. The van der Waals surface area contributed by atoms with Crippen molar-refractivity contribution in [2.24, 2.45) is 0 Å². The van der Waals surface area contributed by atoms with Crippen LogP contribution < -0.4 is 5.32 Å². The van der Waals surface area contributed by atoms with E-state index in [0.717, 1.165) is 10.4 Å². The van der Waals surface area contributed by atoms with Gasteiger partial charge in [-0.3, -0.25) is 4.79 Å². The molecule has 1 heterocycles. The van der Waals surface area contributed by atoms with Crippen LogP contribution in [-0.2, 0) is 17.8 Å². The van der Waals surface area contributed by atoms with Crippen molar-refractivity contribution in [2.75, 3.05) is 0 Å². The molecule has 0 aliphatic rings. The molecule has 0 spiro atoms. The van der Waals surface area contributed by atoms with E-state index in [0.29, 0.717) is 13.0 Å². The molecule has 0 fully saturated rings. The molecule has 3 nitrogen and oxygen atoms in total. The van der Waals surface area contributed by atoms with Crippen LogP contribution in [0.5, 0.6) is 0 Å². The number of halogens is 1. The molecule has 2 rings (SSSR count). The van der Waals surface area contributed by atoms with Gasteiger partial charge in [-0.15, -0.1) is 11.3 Å². The molecule has 0 aliphatic carbocycles. The van der Waals surface area contributed by atoms with Crippen molar-refractivity contribution >= 4 is 17.3 Å². The molecular formula is C15H16FNO2S. The van der Waals surface area contributed by atoms with E-state index in [4.69, 9.17) is 5.11 Å². The second-order valence-corrected chi connectivity index (χ2v) is 5.62. The number of rotatable bonds is 7. The maximum Gasteiger partial charge on any atom is 0.304 e. The lowest BCUT2D eigenvalue weighted by molar-refractivity contribution is -0.137. The van der Waals surface area contributed by atoms with Crippen LogP contribution in [0.25, 0.3) is 0 Å². The molecule has 2 N–H and O–H groups in total. The summed E-state index contributed by atoms with van der Waals surface area (Å²) >= 11 is 1.62. The number of carbonyl (C=O) groups is 1. The third-order valence-electron chi connectivity index (χ3n) is 2.96. The van der Waals surface area contributed by atoms with Crippen molar-refractivity contribution in [3.05, 3.63) is 58.0 Å². The van der Waals surface area contributed by atoms with E-state index in [9.17, 15) is 9.18 Å². The second-order valence-electron chi connectivity index (χ2n) is 4.59. The standard InChI is InChI=1S/C15H16FNO2S/c16-12-5-3-11(4-6-12)10-17-13(9-15(18)19)8-14-2-1-7-20-14/h1-7,13,17H,8-10H2,(H,18,19). The summed E-state index contributed by atoms with van der Waals surface area (Å²) in [4.78, 5) is 12.1. The highest BCUT2D eigenvalue weighted by molar-refractivity contribution is 7.09. The SMILES string of the molecule is O=C(O)CC(Cc1cccs1)NCc1ccc(F)cc1. The predicted molar refractivity (Wildman–Crippen MR) is 77.3 cm³/mol. The van der Waals surface area contributed by atoms with E-state index in [1.807, 2.05) is 17.5 Å². The quantitative estimate of drug-likeness (QED) is 0.825. The van der Waals surface area contributed by atoms with E-state index in [-0.39, 0.29) is 18.3 Å². The first kappa shape index (κ1) is 14.7. The first-order chi connectivity index (χ1) is 9.63. The first-order valence-corrected chi connectivity index (χ1v) is 7.23. The Morgan fingerprint density at radius 2 is 2.05 bits per heavy atom. The average molecular weight is 293 g/mol. The smallest absolute Gasteiger partial charge is 0.304 e. The van der Waals surface area contributed by atoms with Gasteiger partial charge < -0.3 is 10.4 Å². The molecule has 0 aliphatic heterocycles. The molecule has 0 saturated carbocycles. The molecule has 0 bridgehead atoms. The molecule has 1 aromatic heterocycles. The Morgan fingerprint density at radius 3 is 2.65 bits per heavy atom. The van der Waals surface area contributed by atoms with Crippen LogP contribution in [0.15, 0.2) is 41.8 Å². The number of hydrogen-bond acceptors (Lipinski definition) is 3. The van der Waals surface area contributed by atoms with Gasteiger partial charge in [0, 0.05) is 17.5 Å². The number of carboxylic acids is 1. The topological polar surface area (TPSA) is 49.3 Å². The lowest BCUT2D eigenvalue weighted by atomic mass is 10.1. The van der Waals surface area contributed by atoms with Crippen molar-refractivity contribution < 1.29 is 14.3 Å². The first-order valence-electron chi connectivity index (χ1n) is 6.35. The Labute approximate surface area is 121 Å². The molecule has 20 heavy (non-hydrogen) atoms. The van der Waals surface area contributed by atoms with Gasteiger partial charge in [-0.2, -0.15) is 0 Å². The molecule has 1 aromatic carbocycles. The van der Waals surface area contributed by atoms with Crippen molar-refractivity contribution in [3.8, 4) is 0 Å². The molecule has 1 atom stereocenters. The highest BCUT2D eigenvalue weighted by Gasteiger charge is 2.14. The minimum absolute atomic E-state index is 0.0685. The maximum atomic E-state index is 12.8. The van der Waals surface area contributed by atoms with Gasteiger partial charge in [0.25, 0.3) is 0 Å². The summed E-state index contributed by atoms with van der Waals surface area (Å²) in [5, 5.41) is 14.2. The molecule has 1 unspecified atom stereocenters. The fourth-order valence-electron chi connectivity index (χ4n) is 1.96. The zero-order valence-corrected chi connectivity index (χ0v) is 11.7. The molecule has 0 amide bonds. The predicted octanol–water partition coefficient (Wildman–Crippen LogP) is 3.06. The average Bonchev–Trinajstić information content (AvgIpc) is 2.90. The normalized spacial score (nSPS) is 12.2. The summed E-state index contributed by atoms with van der Waals surface area (Å²) < 4.78 is 12.8. The van der Waals surface area contributed by atoms with E-state index < -0.39 is 5.97 Å². The number of hydrogen-bond donors (Lipinski definition) is 2. The fourth-order valence-corrected chi connectivity index (χ4v) is 2.75. The Hall–Kier alpha value is -1.72. The van der Waals surface area contributed by atoms with Crippen molar-refractivity contribution in [2.45, 2.75) is 25.4 Å². The Bertz CT molecular complexity index is 540. The van der Waals surface area contributed by atoms with Gasteiger partial charge in [-0.1, -0.05) is 18.2 Å². The zero-order valence-electron chi connectivity index (χ0n) is 10.9. The van der Waals surface area contributed by atoms with E-state index in [1.165, 1.54) is 12.1 Å². The van der Waals surface area contributed by atoms with Gasteiger partial charge in [0.15, 0.2) is 0 Å². The van der Waals surface area contributed by atoms with Crippen molar-refractivity contribution in [1.82, 2.24) is 5.32 Å². The van der Waals surface area contributed by atoms with Gasteiger partial charge in [0.05, 0.1) is 6.42 Å². The van der Waals surface area contributed by atoms with Crippen LogP contribution in [0.2, 0.25) is 0 Å². The molecule has 0 radical (unpaired) electrons. The van der Waals surface area contributed by atoms with Gasteiger partial charge in [0.2, 0.25) is 0 Å². The Kier molecular flexibility index (Phi) is 5.26. The zero-order chi connectivity index (χ0) is 14.4. The van der Waals surface area contributed by atoms with Crippen LogP contribution in [0.4, 0.5) is 4.39 Å². The monoisotopic (exact) mass is 293 g/mol. The van der Waals surface area contributed by atoms with E-state index >= 15 is 0 Å². The molecule has 106 valence electrons. The molecule has 2 aromatic rings. The minimum Gasteiger partial charge on any atom is -0.481 e. The lowest BCUT2D eigenvalue weighted by Gasteiger charge is -2.16. The third-order valence-corrected chi connectivity index (χ3v) is 3.86. The van der Waals surface area contributed by atoms with Gasteiger partial charge >= 0.3 is 5.97 Å². The Balaban J connectivity index is 1.93. The highest BCUT2D eigenvalue weighted by atomic mass is 32.1. The van der Waals surface area contributed by atoms with Gasteiger partial charge in [-0.25, -0.2) is 4.39 Å². The van der Waals surface area contributed by atoms with Crippen LogP contribution >= 0.6 is 11.3 Å². The van der Waals surface area contributed by atoms with Crippen LogP contribution in [0.3, 0.4) is 0 Å². The number of carboxylic acid groups (broad SMARTS) is 1. The van der Waals surface area contributed by atoms with Crippen LogP contribution in [0.1, 0.15) is 16.9 Å². The molecule has 0 saturated heterocycles. The summed E-state index contributed by atoms with van der Waals surface area (Å²) in [7, 11) is 0. The Morgan fingerprint density at radius 1 is 1.30 bits per heavy atom.